The van der Waals surface area contributed by atoms with Crippen LogP contribution in [0.2, 0.25) is 0 Å². The van der Waals surface area contributed by atoms with E-state index in [2.05, 4.69) is 19.2 Å². The van der Waals surface area contributed by atoms with Gasteiger partial charge in [-0.2, -0.15) is 0 Å². The van der Waals surface area contributed by atoms with Crippen LogP contribution in [0.15, 0.2) is 23.4 Å². The number of rotatable bonds is 2. The Morgan fingerprint density at radius 2 is 2.00 bits per heavy atom. The van der Waals surface area contributed by atoms with Crippen molar-refractivity contribution in [3.05, 3.63) is 23.4 Å². The van der Waals surface area contributed by atoms with Gasteiger partial charge in [0.1, 0.15) is 0 Å². The summed E-state index contributed by atoms with van der Waals surface area (Å²) in [5.74, 6) is 0.310. The summed E-state index contributed by atoms with van der Waals surface area (Å²) < 4.78 is 0. The van der Waals surface area contributed by atoms with Crippen LogP contribution in [-0.4, -0.2) is 11.7 Å². The highest BCUT2D eigenvalue weighted by Gasteiger charge is 2.36. The summed E-state index contributed by atoms with van der Waals surface area (Å²) >= 11 is 0. The van der Waals surface area contributed by atoms with Crippen molar-refractivity contribution in [3.63, 3.8) is 0 Å². The van der Waals surface area contributed by atoms with Gasteiger partial charge in [-0.05, 0) is 30.9 Å². The molecule has 0 spiro atoms. The first-order valence-electron chi connectivity index (χ1n) is 5.77. The zero-order chi connectivity index (χ0) is 11.9. The number of carbonyl (C=O) groups is 2. The molecule has 0 saturated carbocycles. The maximum atomic E-state index is 11.8. The molecule has 1 aliphatic carbocycles. The second-order valence-corrected chi connectivity index (χ2v) is 5.00. The monoisotopic (exact) mass is 219 g/mol. The predicted octanol–water partition coefficient (Wildman–Crippen LogP) is 1.81. The SMILES string of the molecule is CC(C)CC1C(=O)C=CC2=C1NC(=O)C2C. The first-order chi connectivity index (χ1) is 7.50. The van der Waals surface area contributed by atoms with Gasteiger partial charge in [-0.25, -0.2) is 0 Å². The molecule has 0 bridgehead atoms. The summed E-state index contributed by atoms with van der Waals surface area (Å²) in [7, 11) is 0. The quantitative estimate of drug-likeness (QED) is 0.769. The van der Waals surface area contributed by atoms with Crippen LogP contribution in [0, 0.1) is 17.8 Å². The van der Waals surface area contributed by atoms with E-state index in [1.54, 1.807) is 12.2 Å². The number of hydrogen-bond acceptors (Lipinski definition) is 2. The fraction of sp³-hybridized carbons (Fsp3) is 0.538. The van der Waals surface area contributed by atoms with Gasteiger partial charge in [-0.1, -0.05) is 19.9 Å². The third-order valence-electron chi connectivity index (χ3n) is 3.25. The van der Waals surface area contributed by atoms with Crippen LogP contribution in [-0.2, 0) is 9.59 Å². The first kappa shape index (κ1) is 11.1. The second kappa shape index (κ2) is 3.89. The number of hydrogen-bond donors (Lipinski definition) is 1. The minimum absolute atomic E-state index is 0.0121. The van der Waals surface area contributed by atoms with Crippen molar-refractivity contribution in [1.29, 1.82) is 0 Å². The zero-order valence-corrected chi connectivity index (χ0v) is 9.91. The Kier molecular flexibility index (Phi) is 2.70. The largest absolute Gasteiger partial charge is 0.328 e. The molecular weight excluding hydrogens is 202 g/mol. The van der Waals surface area contributed by atoms with Gasteiger partial charge >= 0.3 is 0 Å². The van der Waals surface area contributed by atoms with Gasteiger partial charge in [0, 0.05) is 5.70 Å². The maximum absolute atomic E-state index is 11.8. The third kappa shape index (κ3) is 1.70. The molecule has 2 rings (SSSR count). The Hall–Kier alpha value is -1.38. The molecule has 0 aromatic carbocycles. The molecule has 2 unspecified atom stereocenters. The lowest BCUT2D eigenvalue weighted by Gasteiger charge is -2.21. The highest BCUT2D eigenvalue weighted by atomic mass is 16.2. The van der Waals surface area contributed by atoms with Gasteiger partial charge in [0.05, 0.1) is 11.8 Å². The number of amides is 1. The van der Waals surface area contributed by atoms with Gasteiger partial charge in [0.25, 0.3) is 0 Å². The van der Waals surface area contributed by atoms with E-state index in [1.807, 2.05) is 6.92 Å². The number of carbonyl (C=O) groups excluding carboxylic acids is 2. The Labute approximate surface area is 95.6 Å². The summed E-state index contributed by atoms with van der Waals surface area (Å²) in [5, 5.41) is 2.86. The van der Waals surface area contributed by atoms with Gasteiger partial charge < -0.3 is 5.32 Å². The molecular formula is C13H17NO2. The summed E-state index contributed by atoms with van der Waals surface area (Å²) in [6.07, 6.45) is 4.20. The number of allylic oxidation sites excluding steroid dienone is 3. The lowest BCUT2D eigenvalue weighted by Crippen LogP contribution is -2.28. The van der Waals surface area contributed by atoms with Crippen molar-refractivity contribution in [2.45, 2.75) is 27.2 Å². The average molecular weight is 219 g/mol. The molecule has 1 N–H and O–H groups in total. The first-order valence-corrected chi connectivity index (χ1v) is 5.77. The Balaban J connectivity index is 2.32. The fourth-order valence-corrected chi connectivity index (χ4v) is 2.35. The van der Waals surface area contributed by atoms with Crippen LogP contribution in [0.5, 0.6) is 0 Å². The molecule has 0 radical (unpaired) electrons. The van der Waals surface area contributed by atoms with Gasteiger partial charge in [0.15, 0.2) is 5.78 Å². The lowest BCUT2D eigenvalue weighted by molar-refractivity contribution is -0.121. The van der Waals surface area contributed by atoms with Crippen molar-refractivity contribution in [3.8, 4) is 0 Å². The second-order valence-electron chi connectivity index (χ2n) is 5.00. The summed E-state index contributed by atoms with van der Waals surface area (Å²) in [4.78, 5) is 23.4. The molecule has 0 fully saturated rings. The molecule has 2 atom stereocenters. The van der Waals surface area contributed by atoms with E-state index in [0.717, 1.165) is 17.7 Å². The highest BCUT2D eigenvalue weighted by molar-refractivity contribution is 6.00. The Morgan fingerprint density at radius 3 is 2.62 bits per heavy atom. The van der Waals surface area contributed by atoms with Gasteiger partial charge in [-0.15, -0.1) is 0 Å². The van der Waals surface area contributed by atoms with Crippen molar-refractivity contribution in [2.75, 3.05) is 0 Å². The zero-order valence-electron chi connectivity index (χ0n) is 9.91. The maximum Gasteiger partial charge on any atom is 0.231 e. The normalized spacial score (nSPS) is 28.8. The molecule has 86 valence electrons. The van der Waals surface area contributed by atoms with Crippen molar-refractivity contribution in [2.24, 2.45) is 17.8 Å². The van der Waals surface area contributed by atoms with Crippen LogP contribution >= 0.6 is 0 Å². The fourth-order valence-electron chi connectivity index (χ4n) is 2.35. The van der Waals surface area contributed by atoms with Crippen molar-refractivity contribution >= 4 is 11.7 Å². The predicted molar refractivity (Wildman–Crippen MR) is 61.4 cm³/mol. The van der Waals surface area contributed by atoms with E-state index >= 15 is 0 Å². The Morgan fingerprint density at radius 1 is 1.31 bits per heavy atom. The van der Waals surface area contributed by atoms with Crippen molar-refractivity contribution < 1.29 is 9.59 Å². The Bertz CT molecular complexity index is 404. The number of nitrogens with one attached hydrogen (secondary N) is 1. The van der Waals surface area contributed by atoms with Crippen LogP contribution in [0.25, 0.3) is 0 Å². The van der Waals surface area contributed by atoms with E-state index < -0.39 is 0 Å². The van der Waals surface area contributed by atoms with E-state index in [1.165, 1.54) is 0 Å². The van der Waals surface area contributed by atoms with E-state index in [9.17, 15) is 9.59 Å². The minimum atomic E-state index is -0.145. The molecule has 3 heteroatoms. The summed E-state index contributed by atoms with van der Waals surface area (Å²) in [5.41, 5.74) is 1.84. The summed E-state index contributed by atoms with van der Waals surface area (Å²) in [6, 6.07) is 0. The number of ketones is 1. The van der Waals surface area contributed by atoms with E-state index in [-0.39, 0.29) is 23.5 Å². The van der Waals surface area contributed by atoms with Crippen LogP contribution < -0.4 is 5.32 Å². The average Bonchev–Trinajstić information content (AvgIpc) is 2.48. The van der Waals surface area contributed by atoms with Gasteiger partial charge in [0.2, 0.25) is 5.91 Å². The van der Waals surface area contributed by atoms with E-state index in [4.69, 9.17) is 0 Å². The molecule has 0 saturated heterocycles. The van der Waals surface area contributed by atoms with Crippen molar-refractivity contribution in [1.82, 2.24) is 5.32 Å². The third-order valence-corrected chi connectivity index (χ3v) is 3.25. The van der Waals surface area contributed by atoms with Crippen LogP contribution in [0.1, 0.15) is 27.2 Å². The molecule has 0 aromatic rings. The minimum Gasteiger partial charge on any atom is -0.328 e. The highest BCUT2D eigenvalue weighted by Crippen LogP contribution is 2.34. The molecule has 1 aliphatic heterocycles. The molecule has 16 heavy (non-hydrogen) atoms. The van der Waals surface area contributed by atoms with Gasteiger partial charge in [-0.3, -0.25) is 9.59 Å². The molecule has 1 heterocycles. The van der Waals surface area contributed by atoms with Crippen LogP contribution in [0.3, 0.4) is 0 Å². The topological polar surface area (TPSA) is 46.2 Å². The molecule has 3 nitrogen and oxygen atoms in total. The summed E-state index contributed by atoms with van der Waals surface area (Å²) in [6.45, 7) is 6.06. The standard InChI is InChI=1S/C13H17NO2/c1-7(2)6-10-11(15)5-4-9-8(3)13(16)14-12(9)10/h4-5,7-8,10H,6H2,1-3H3,(H,14,16). The molecule has 0 aromatic heterocycles. The lowest BCUT2D eigenvalue weighted by atomic mass is 9.84. The van der Waals surface area contributed by atoms with Crippen LogP contribution in [0.4, 0.5) is 0 Å². The molecule has 1 amide bonds. The smallest absolute Gasteiger partial charge is 0.231 e. The molecule has 2 aliphatic rings. The van der Waals surface area contributed by atoms with E-state index in [0.29, 0.717) is 5.92 Å².